The maximum absolute atomic E-state index is 6.60. The third-order valence-electron chi connectivity index (χ3n) is 6.91. The molecule has 0 bridgehead atoms. The van der Waals surface area contributed by atoms with Gasteiger partial charge >= 0.3 is 0 Å². The molecule has 1 heterocycles. The van der Waals surface area contributed by atoms with E-state index in [1.54, 1.807) is 0 Å². The van der Waals surface area contributed by atoms with E-state index in [1.807, 2.05) is 84.9 Å². The molecular weight excluding hydrogens is 488 g/mol. The number of para-hydroxylation sites is 1. The minimum absolute atomic E-state index is 0.0972. The van der Waals surface area contributed by atoms with Gasteiger partial charge in [0.1, 0.15) is 18.0 Å². The highest BCUT2D eigenvalue weighted by Crippen LogP contribution is 2.33. The van der Waals surface area contributed by atoms with Crippen LogP contribution in [0.3, 0.4) is 0 Å². The smallest absolute Gasteiger partial charge is 0.205 e. The first kappa shape index (κ1) is 27.1. The fourth-order valence-corrected chi connectivity index (χ4v) is 4.79. The Morgan fingerprint density at radius 1 is 0.564 bits per heavy atom. The summed E-state index contributed by atoms with van der Waals surface area (Å²) < 4.78 is 32.3. The summed E-state index contributed by atoms with van der Waals surface area (Å²) in [4.78, 5) is 0. The maximum atomic E-state index is 6.60. The lowest BCUT2D eigenvalue weighted by atomic mass is 9.91. The quantitative estimate of drug-likeness (QED) is 0.204. The number of rotatable bonds is 12. The molecular formula is C34H36O5. The Hall–Kier alpha value is -3.48. The summed E-state index contributed by atoms with van der Waals surface area (Å²) >= 11 is 0. The van der Waals surface area contributed by atoms with Crippen LogP contribution >= 0.6 is 0 Å². The Balaban J connectivity index is 1.37. The van der Waals surface area contributed by atoms with Gasteiger partial charge in [-0.15, -0.1) is 0 Å². The molecule has 4 aromatic rings. The zero-order valence-corrected chi connectivity index (χ0v) is 22.3. The van der Waals surface area contributed by atoms with E-state index in [-0.39, 0.29) is 24.2 Å². The van der Waals surface area contributed by atoms with Gasteiger partial charge in [-0.05, 0) is 28.8 Å². The fraction of sp³-hybridized carbons (Fsp3) is 0.294. The van der Waals surface area contributed by atoms with Crippen LogP contribution in [0.1, 0.15) is 23.6 Å². The van der Waals surface area contributed by atoms with E-state index in [4.69, 9.17) is 23.7 Å². The first-order valence-electron chi connectivity index (χ1n) is 13.6. The molecule has 0 aromatic heterocycles. The third-order valence-corrected chi connectivity index (χ3v) is 6.91. The van der Waals surface area contributed by atoms with Crippen LogP contribution in [-0.2, 0) is 38.8 Å². The summed E-state index contributed by atoms with van der Waals surface area (Å²) in [5.41, 5.74) is 3.31. The zero-order chi connectivity index (χ0) is 26.7. The molecule has 5 nitrogen and oxygen atoms in total. The van der Waals surface area contributed by atoms with Crippen molar-refractivity contribution in [1.82, 2.24) is 0 Å². The molecule has 4 aromatic carbocycles. The van der Waals surface area contributed by atoms with Gasteiger partial charge in [0.15, 0.2) is 0 Å². The van der Waals surface area contributed by atoms with Crippen molar-refractivity contribution < 1.29 is 23.7 Å². The largest absolute Gasteiger partial charge is 0.465 e. The van der Waals surface area contributed by atoms with Crippen molar-refractivity contribution in [3.05, 3.63) is 138 Å². The Kier molecular flexibility index (Phi) is 9.77. The summed E-state index contributed by atoms with van der Waals surface area (Å²) in [6.45, 7) is 3.86. The second kappa shape index (κ2) is 14.1. The molecule has 5 atom stereocenters. The molecule has 0 unspecified atom stereocenters. The summed E-state index contributed by atoms with van der Waals surface area (Å²) in [5.74, 6) is 0.656. The van der Waals surface area contributed by atoms with Crippen molar-refractivity contribution in [2.24, 2.45) is 5.92 Å². The molecule has 39 heavy (non-hydrogen) atoms. The van der Waals surface area contributed by atoms with Gasteiger partial charge in [0.25, 0.3) is 0 Å². The molecule has 0 radical (unpaired) electrons. The van der Waals surface area contributed by atoms with Gasteiger partial charge < -0.3 is 23.7 Å². The van der Waals surface area contributed by atoms with Gasteiger partial charge in [-0.3, -0.25) is 0 Å². The van der Waals surface area contributed by atoms with Crippen molar-refractivity contribution in [3.63, 3.8) is 0 Å². The predicted molar refractivity (Wildman–Crippen MR) is 151 cm³/mol. The number of hydrogen-bond donors (Lipinski definition) is 0. The third kappa shape index (κ3) is 7.78. The lowest BCUT2D eigenvalue weighted by molar-refractivity contribution is -0.281. The topological polar surface area (TPSA) is 46.2 Å². The summed E-state index contributed by atoms with van der Waals surface area (Å²) in [6.07, 6.45) is -1.53. The normalized spacial score (nSPS) is 22.8. The van der Waals surface area contributed by atoms with Crippen LogP contribution in [0.5, 0.6) is 5.75 Å². The summed E-state index contributed by atoms with van der Waals surface area (Å²) in [5, 5.41) is 0. The van der Waals surface area contributed by atoms with Crippen LogP contribution in [0.4, 0.5) is 0 Å². The van der Waals surface area contributed by atoms with Crippen molar-refractivity contribution in [2.75, 3.05) is 6.61 Å². The van der Waals surface area contributed by atoms with Crippen LogP contribution < -0.4 is 4.74 Å². The summed E-state index contributed by atoms with van der Waals surface area (Å²) in [7, 11) is 0. The van der Waals surface area contributed by atoms with Crippen molar-refractivity contribution in [3.8, 4) is 5.75 Å². The van der Waals surface area contributed by atoms with Gasteiger partial charge in [0.2, 0.25) is 6.29 Å². The molecule has 5 heteroatoms. The molecule has 202 valence electrons. The van der Waals surface area contributed by atoms with Crippen LogP contribution in [0.2, 0.25) is 0 Å². The second-order valence-corrected chi connectivity index (χ2v) is 9.86. The highest BCUT2D eigenvalue weighted by Gasteiger charge is 2.46. The standard InChI is InChI=1S/C34H36O5/c1-26-32(36-23-28-16-8-3-9-17-28)33(37-24-29-18-10-4-11-19-29)31(25-35-22-27-14-6-2-7-15-27)39-34(26)38-30-20-12-5-13-21-30/h2-21,26,31-34H,22-25H2,1H3/t26-,31+,32+,33+,34-/m0/s1. The van der Waals surface area contributed by atoms with E-state index in [9.17, 15) is 0 Å². The van der Waals surface area contributed by atoms with Crippen LogP contribution in [0.25, 0.3) is 0 Å². The highest BCUT2D eigenvalue weighted by molar-refractivity contribution is 5.21. The van der Waals surface area contributed by atoms with E-state index in [1.165, 1.54) is 0 Å². The van der Waals surface area contributed by atoms with Crippen molar-refractivity contribution >= 4 is 0 Å². The van der Waals surface area contributed by atoms with Gasteiger partial charge in [-0.1, -0.05) is 116 Å². The van der Waals surface area contributed by atoms with E-state index in [0.29, 0.717) is 26.4 Å². The predicted octanol–water partition coefficient (Wildman–Crippen LogP) is 6.81. The van der Waals surface area contributed by atoms with Gasteiger partial charge in [0, 0.05) is 5.92 Å². The molecule has 0 spiro atoms. The molecule has 0 amide bonds. The minimum atomic E-state index is -0.518. The zero-order valence-electron chi connectivity index (χ0n) is 22.3. The molecule has 0 saturated carbocycles. The van der Waals surface area contributed by atoms with Gasteiger partial charge in [0.05, 0.1) is 32.5 Å². The first-order valence-corrected chi connectivity index (χ1v) is 13.6. The monoisotopic (exact) mass is 524 g/mol. The Morgan fingerprint density at radius 3 is 1.56 bits per heavy atom. The number of hydrogen-bond acceptors (Lipinski definition) is 5. The van der Waals surface area contributed by atoms with E-state index < -0.39 is 6.29 Å². The summed E-state index contributed by atoms with van der Waals surface area (Å²) in [6, 6.07) is 40.3. The lowest BCUT2D eigenvalue weighted by Gasteiger charge is -2.45. The molecule has 1 aliphatic rings. The molecule has 1 aliphatic heterocycles. The van der Waals surface area contributed by atoms with Crippen molar-refractivity contribution in [2.45, 2.75) is 51.3 Å². The van der Waals surface area contributed by atoms with Gasteiger partial charge in [-0.25, -0.2) is 0 Å². The molecule has 0 aliphatic carbocycles. The highest BCUT2D eigenvalue weighted by atomic mass is 16.7. The first-order chi connectivity index (χ1) is 19.3. The van der Waals surface area contributed by atoms with Gasteiger partial charge in [-0.2, -0.15) is 0 Å². The average Bonchev–Trinajstić information content (AvgIpc) is 2.99. The average molecular weight is 525 g/mol. The van der Waals surface area contributed by atoms with Crippen LogP contribution in [0.15, 0.2) is 121 Å². The Morgan fingerprint density at radius 2 is 1.03 bits per heavy atom. The second-order valence-electron chi connectivity index (χ2n) is 9.86. The van der Waals surface area contributed by atoms with E-state index in [2.05, 4.69) is 43.3 Å². The maximum Gasteiger partial charge on any atom is 0.205 e. The number of benzene rings is 4. The fourth-order valence-electron chi connectivity index (χ4n) is 4.79. The minimum Gasteiger partial charge on any atom is -0.465 e. The molecule has 1 saturated heterocycles. The van der Waals surface area contributed by atoms with Crippen LogP contribution in [-0.4, -0.2) is 31.2 Å². The molecule has 5 rings (SSSR count). The van der Waals surface area contributed by atoms with E-state index >= 15 is 0 Å². The Labute approximate surface area is 231 Å². The molecule has 1 fully saturated rings. The Bertz CT molecular complexity index is 1220. The van der Waals surface area contributed by atoms with Crippen LogP contribution in [0, 0.1) is 5.92 Å². The van der Waals surface area contributed by atoms with Crippen molar-refractivity contribution in [1.29, 1.82) is 0 Å². The lowest BCUT2D eigenvalue weighted by Crippen LogP contribution is -2.58. The SMILES string of the molecule is C[C@@H]1[C@@H](Oc2ccccc2)O[C@H](COCc2ccccc2)[C@@H](OCc2ccccc2)[C@@H]1OCc1ccccc1. The van der Waals surface area contributed by atoms with E-state index in [0.717, 1.165) is 22.4 Å². The molecule has 0 N–H and O–H groups in total. The number of ether oxygens (including phenoxy) is 5.